The standard InChI is InChI=1S/C26H31N9O3/c1-38-21-10-8-18(9-11-21)15-27-23-30-24(32-25(31-23)33-35-17-22(36)29-26(35)37)28-16-19-6-5-7-20(14-19)34-12-3-2-4-13-34/h5-11,14H,2-4,12-13,15-17H2,1H3,(H,29,36,37)(H3,27,28,30,31,32,33). The smallest absolute Gasteiger partial charge is 0.343 e. The number of nitrogens with zero attached hydrogens (tertiary/aromatic N) is 5. The summed E-state index contributed by atoms with van der Waals surface area (Å²) >= 11 is 0. The second-order valence-electron chi connectivity index (χ2n) is 9.13. The number of aromatic nitrogens is 3. The molecule has 0 aliphatic carbocycles. The highest BCUT2D eigenvalue weighted by atomic mass is 16.5. The summed E-state index contributed by atoms with van der Waals surface area (Å²) in [5, 5.41) is 9.81. The van der Waals surface area contributed by atoms with Gasteiger partial charge < -0.3 is 20.3 Å². The van der Waals surface area contributed by atoms with E-state index >= 15 is 0 Å². The maximum Gasteiger partial charge on any atom is 0.343 e. The van der Waals surface area contributed by atoms with Gasteiger partial charge in [-0.05, 0) is 54.7 Å². The second kappa shape index (κ2) is 11.6. The number of methoxy groups -OCH3 is 1. The molecule has 2 aliphatic rings. The molecule has 0 unspecified atom stereocenters. The van der Waals surface area contributed by atoms with Gasteiger partial charge in [0.25, 0.3) is 0 Å². The Balaban J connectivity index is 1.30. The average Bonchev–Trinajstić information content (AvgIpc) is 3.27. The fraction of sp³-hybridized carbons (Fsp3) is 0.346. The molecule has 4 N–H and O–H groups in total. The SMILES string of the molecule is COc1ccc(CNc2nc(NCc3cccc(N4CCCCC4)c3)nc(NN3CC(=O)NC3=O)n2)cc1. The number of piperidine rings is 1. The number of hydrazine groups is 1. The fourth-order valence-corrected chi connectivity index (χ4v) is 4.36. The monoisotopic (exact) mass is 517 g/mol. The third-order valence-corrected chi connectivity index (χ3v) is 6.36. The first-order chi connectivity index (χ1) is 18.6. The van der Waals surface area contributed by atoms with E-state index < -0.39 is 11.9 Å². The minimum Gasteiger partial charge on any atom is -0.497 e. The Morgan fingerprint density at radius 1 is 0.868 bits per heavy atom. The molecule has 0 radical (unpaired) electrons. The van der Waals surface area contributed by atoms with Crippen LogP contribution in [0.15, 0.2) is 48.5 Å². The molecule has 0 saturated carbocycles. The van der Waals surface area contributed by atoms with E-state index in [2.05, 4.69) is 65.5 Å². The number of amides is 3. The van der Waals surface area contributed by atoms with Crippen LogP contribution in [0.25, 0.3) is 0 Å². The molecule has 2 aromatic carbocycles. The molecule has 12 nitrogen and oxygen atoms in total. The number of ether oxygens (including phenoxy) is 1. The zero-order valence-corrected chi connectivity index (χ0v) is 21.2. The highest BCUT2D eigenvalue weighted by Crippen LogP contribution is 2.22. The average molecular weight is 518 g/mol. The Kier molecular flexibility index (Phi) is 7.67. The third kappa shape index (κ3) is 6.38. The van der Waals surface area contributed by atoms with Crippen molar-refractivity contribution in [1.82, 2.24) is 25.3 Å². The number of imide groups is 1. The van der Waals surface area contributed by atoms with Crippen molar-refractivity contribution in [3.05, 3.63) is 59.7 Å². The molecule has 0 atom stereocenters. The van der Waals surface area contributed by atoms with E-state index in [9.17, 15) is 9.59 Å². The number of benzene rings is 2. The molecule has 2 aliphatic heterocycles. The highest BCUT2D eigenvalue weighted by molar-refractivity contribution is 6.02. The van der Waals surface area contributed by atoms with E-state index in [0.29, 0.717) is 25.0 Å². The van der Waals surface area contributed by atoms with Crippen LogP contribution in [0, 0.1) is 0 Å². The quantitative estimate of drug-likeness (QED) is 0.297. The summed E-state index contributed by atoms with van der Waals surface area (Å²) in [4.78, 5) is 39.3. The molecule has 1 aromatic heterocycles. The Morgan fingerprint density at radius 2 is 1.55 bits per heavy atom. The van der Waals surface area contributed by atoms with Crippen molar-refractivity contribution < 1.29 is 14.3 Å². The minimum absolute atomic E-state index is 0.131. The molecule has 38 heavy (non-hydrogen) atoms. The van der Waals surface area contributed by atoms with Gasteiger partial charge in [-0.3, -0.25) is 15.5 Å². The lowest BCUT2D eigenvalue weighted by atomic mass is 10.1. The summed E-state index contributed by atoms with van der Waals surface area (Å²) < 4.78 is 5.21. The van der Waals surface area contributed by atoms with Crippen LogP contribution >= 0.6 is 0 Å². The summed E-state index contributed by atoms with van der Waals surface area (Å²) in [7, 11) is 1.62. The van der Waals surface area contributed by atoms with Gasteiger partial charge in [-0.25, -0.2) is 9.80 Å². The first-order valence-electron chi connectivity index (χ1n) is 12.6. The lowest BCUT2D eigenvalue weighted by molar-refractivity contribution is -0.118. The van der Waals surface area contributed by atoms with Gasteiger partial charge in [0, 0.05) is 31.9 Å². The predicted molar refractivity (Wildman–Crippen MR) is 144 cm³/mol. The van der Waals surface area contributed by atoms with Crippen molar-refractivity contribution >= 4 is 35.5 Å². The van der Waals surface area contributed by atoms with Crippen molar-refractivity contribution in [3.8, 4) is 5.75 Å². The van der Waals surface area contributed by atoms with Crippen molar-refractivity contribution in [2.75, 3.05) is 47.7 Å². The molecule has 198 valence electrons. The number of rotatable bonds is 10. The van der Waals surface area contributed by atoms with E-state index in [0.717, 1.165) is 35.0 Å². The number of hydrogen-bond acceptors (Lipinski definition) is 10. The Morgan fingerprint density at radius 3 is 2.21 bits per heavy atom. The third-order valence-electron chi connectivity index (χ3n) is 6.36. The second-order valence-corrected chi connectivity index (χ2v) is 9.13. The van der Waals surface area contributed by atoms with Gasteiger partial charge in [0.05, 0.1) is 7.11 Å². The van der Waals surface area contributed by atoms with Crippen molar-refractivity contribution in [2.24, 2.45) is 0 Å². The summed E-state index contributed by atoms with van der Waals surface area (Å²) in [6.45, 7) is 2.99. The Hall–Kier alpha value is -4.61. The molecular formula is C26H31N9O3. The maximum atomic E-state index is 12.0. The topological polar surface area (TPSA) is 137 Å². The van der Waals surface area contributed by atoms with Gasteiger partial charge in [0.2, 0.25) is 23.8 Å². The number of hydrogen-bond donors (Lipinski definition) is 4. The molecule has 3 amide bonds. The van der Waals surface area contributed by atoms with E-state index in [1.54, 1.807) is 7.11 Å². The first-order valence-corrected chi connectivity index (χ1v) is 12.6. The van der Waals surface area contributed by atoms with Crippen LogP contribution < -0.4 is 31.0 Å². The number of nitrogens with one attached hydrogen (secondary N) is 4. The highest BCUT2D eigenvalue weighted by Gasteiger charge is 2.27. The van der Waals surface area contributed by atoms with Gasteiger partial charge in [0.1, 0.15) is 12.3 Å². The molecule has 0 bridgehead atoms. The van der Waals surface area contributed by atoms with E-state index in [4.69, 9.17) is 4.74 Å². The molecular weight excluding hydrogens is 486 g/mol. The van der Waals surface area contributed by atoms with Crippen LogP contribution in [0.2, 0.25) is 0 Å². The van der Waals surface area contributed by atoms with Gasteiger partial charge in [0.15, 0.2) is 0 Å². The Bertz CT molecular complexity index is 1280. The molecule has 2 saturated heterocycles. The molecule has 12 heteroatoms. The molecule has 3 heterocycles. The predicted octanol–water partition coefficient (Wildman–Crippen LogP) is 2.97. The summed E-state index contributed by atoms with van der Waals surface area (Å²) in [6, 6.07) is 15.5. The van der Waals surface area contributed by atoms with Crippen molar-refractivity contribution in [3.63, 3.8) is 0 Å². The molecule has 3 aromatic rings. The van der Waals surface area contributed by atoms with Crippen LogP contribution in [0.4, 0.5) is 28.3 Å². The van der Waals surface area contributed by atoms with Crippen molar-refractivity contribution in [1.29, 1.82) is 0 Å². The summed E-state index contributed by atoms with van der Waals surface area (Å²) in [5.41, 5.74) is 6.12. The van der Waals surface area contributed by atoms with Gasteiger partial charge in [-0.2, -0.15) is 15.0 Å². The van der Waals surface area contributed by atoms with E-state index in [1.165, 1.54) is 24.9 Å². The minimum atomic E-state index is -0.563. The number of urea groups is 1. The van der Waals surface area contributed by atoms with Gasteiger partial charge in [-0.1, -0.05) is 24.3 Å². The number of carbonyl (C=O) groups is 2. The van der Waals surface area contributed by atoms with Crippen molar-refractivity contribution in [2.45, 2.75) is 32.4 Å². The summed E-state index contributed by atoms with van der Waals surface area (Å²) in [5.74, 6) is 1.14. The Labute approximate surface area is 220 Å². The lowest BCUT2D eigenvalue weighted by Gasteiger charge is -2.29. The zero-order valence-electron chi connectivity index (χ0n) is 21.2. The normalized spacial score (nSPS) is 15.3. The molecule has 5 rings (SSSR count). The zero-order chi connectivity index (χ0) is 26.3. The van der Waals surface area contributed by atoms with Gasteiger partial charge >= 0.3 is 6.03 Å². The van der Waals surface area contributed by atoms with Crippen LogP contribution in [-0.4, -0.2) is 58.6 Å². The number of anilines is 4. The van der Waals surface area contributed by atoms with Crippen LogP contribution in [0.3, 0.4) is 0 Å². The molecule has 0 spiro atoms. The van der Waals surface area contributed by atoms with E-state index in [1.807, 2.05) is 24.3 Å². The largest absolute Gasteiger partial charge is 0.497 e. The summed E-state index contributed by atoms with van der Waals surface area (Å²) in [6.07, 6.45) is 3.72. The number of carbonyl (C=O) groups excluding carboxylic acids is 2. The fourth-order valence-electron chi connectivity index (χ4n) is 4.36. The van der Waals surface area contributed by atoms with Gasteiger partial charge in [-0.15, -0.1) is 0 Å². The van der Waals surface area contributed by atoms with Crippen LogP contribution in [0.1, 0.15) is 30.4 Å². The van der Waals surface area contributed by atoms with Crippen LogP contribution in [-0.2, 0) is 17.9 Å². The molecule has 2 fully saturated rings. The lowest BCUT2D eigenvalue weighted by Crippen LogP contribution is -2.34. The first kappa shape index (κ1) is 25.1. The van der Waals surface area contributed by atoms with Crippen LogP contribution in [0.5, 0.6) is 5.75 Å². The van der Waals surface area contributed by atoms with E-state index in [-0.39, 0.29) is 12.5 Å². The maximum absolute atomic E-state index is 12.0.